The van der Waals surface area contributed by atoms with Gasteiger partial charge in [0.05, 0.1) is 0 Å². The first-order valence-corrected chi connectivity index (χ1v) is 7.80. The second kappa shape index (κ2) is 2.56. The van der Waals surface area contributed by atoms with Gasteiger partial charge in [0, 0.05) is 0 Å². The molecule has 0 radical (unpaired) electrons. The van der Waals surface area contributed by atoms with Crippen LogP contribution in [-0.4, -0.2) is 24.8 Å². The molecule has 1 aromatic rings. The molecule has 13 heavy (non-hydrogen) atoms. The minimum atomic E-state index is -1.21. The van der Waals surface area contributed by atoms with Crippen LogP contribution in [0.4, 0.5) is 0 Å². The second-order valence-electron chi connectivity index (χ2n) is 4.42. The Labute approximate surface area is 79.4 Å². The maximum absolute atomic E-state index is 5.68. The van der Waals surface area contributed by atoms with Crippen LogP contribution in [0.15, 0.2) is 30.3 Å². The third-order valence-corrected chi connectivity index (χ3v) is 8.34. The van der Waals surface area contributed by atoms with Crippen LogP contribution in [0.2, 0.25) is 0 Å². The Balaban J connectivity index is 2.00. The van der Waals surface area contributed by atoms with Gasteiger partial charge >= 0.3 is 78.8 Å². The van der Waals surface area contributed by atoms with Gasteiger partial charge in [-0.25, -0.2) is 0 Å². The van der Waals surface area contributed by atoms with Crippen molar-refractivity contribution in [3.8, 4) is 0 Å². The van der Waals surface area contributed by atoms with E-state index < -0.39 is 7.26 Å². The normalized spacial score (nSPS) is 36.7. The summed E-state index contributed by atoms with van der Waals surface area (Å²) in [5, 5.41) is 1.58. The van der Waals surface area contributed by atoms with Crippen LogP contribution < -0.4 is 5.30 Å². The van der Waals surface area contributed by atoms with Gasteiger partial charge in [0.2, 0.25) is 0 Å². The zero-order valence-corrected chi connectivity index (χ0v) is 8.86. The molecule has 2 heterocycles. The first-order chi connectivity index (χ1) is 6.31. The second-order valence-corrected chi connectivity index (χ2v) is 8.90. The Morgan fingerprint density at radius 2 is 2.08 bits per heavy atom. The first-order valence-electron chi connectivity index (χ1n) is 5.02. The molecule has 1 aromatic carbocycles. The number of hydrogen-bond donors (Lipinski definition) is 0. The molecule has 2 heteroatoms. The van der Waals surface area contributed by atoms with Crippen LogP contribution >= 0.6 is 7.26 Å². The van der Waals surface area contributed by atoms with E-state index in [1.165, 1.54) is 12.6 Å². The number of fused-ring (bicyclic) bond motifs is 1. The van der Waals surface area contributed by atoms with E-state index in [1.807, 2.05) is 0 Å². The Hall–Kier alpha value is -0.390. The predicted molar refractivity (Wildman–Crippen MR) is 58.5 cm³/mol. The predicted octanol–water partition coefficient (Wildman–Crippen LogP) is 1.82. The van der Waals surface area contributed by atoms with Crippen molar-refractivity contribution in [2.75, 3.05) is 12.8 Å². The summed E-state index contributed by atoms with van der Waals surface area (Å²) in [4.78, 5) is 0. The standard InChI is InChI=1S/C11H15OP/c1-13(8-7-10-11(13)12-10)9-5-3-2-4-6-9/h2-6,10-11,13H,7-8H2,1H3. The van der Waals surface area contributed by atoms with E-state index in [2.05, 4.69) is 37.0 Å². The molecule has 0 N–H and O–H groups in total. The van der Waals surface area contributed by atoms with Gasteiger partial charge in [-0.3, -0.25) is 0 Å². The fourth-order valence-electron chi connectivity index (χ4n) is 2.63. The first kappa shape index (κ1) is 7.96. The Bertz CT molecular complexity index is 324. The van der Waals surface area contributed by atoms with E-state index in [0.29, 0.717) is 11.9 Å². The average molecular weight is 194 g/mol. The van der Waals surface area contributed by atoms with Gasteiger partial charge in [0.1, 0.15) is 0 Å². The molecule has 70 valence electrons. The van der Waals surface area contributed by atoms with E-state index in [0.717, 1.165) is 0 Å². The summed E-state index contributed by atoms with van der Waals surface area (Å²) in [5.74, 6) is 0.648. The summed E-state index contributed by atoms with van der Waals surface area (Å²) in [6, 6.07) is 11.0. The van der Waals surface area contributed by atoms with Crippen molar-refractivity contribution in [2.45, 2.75) is 18.4 Å². The Morgan fingerprint density at radius 3 is 2.62 bits per heavy atom. The molecule has 0 spiro atoms. The van der Waals surface area contributed by atoms with Gasteiger partial charge < -0.3 is 0 Å². The summed E-state index contributed by atoms with van der Waals surface area (Å²) in [6.07, 6.45) is 3.37. The summed E-state index contributed by atoms with van der Waals surface area (Å²) in [5.41, 5.74) is 0. The summed E-state index contributed by atoms with van der Waals surface area (Å²) >= 11 is 0. The van der Waals surface area contributed by atoms with Crippen LogP contribution in [0.1, 0.15) is 6.42 Å². The monoisotopic (exact) mass is 194 g/mol. The third kappa shape index (κ3) is 1.07. The Kier molecular flexibility index (Phi) is 1.57. The van der Waals surface area contributed by atoms with Gasteiger partial charge in [-0.15, -0.1) is 0 Å². The molecular weight excluding hydrogens is 179 g/mol. The molecule has 3 rings (SSSR count). The van der Waals surface area contributed by atoms with Crippen molar-refractivity contribution in [3.63, 3.8) is 0 Å². The quantitative estimate of drug-likeness (QED) is 0.490. The van der Waals surface area contributed by atoms with Gasteiger partial charge in [-0.05, 0) is 0 Å². The molecule has 2 aliphatic heterocycles. The van der Waals surface area contributed by atoms with Crippen LogP contribution in [0.3, 0.4) is 0 Å². The maximum atomic E-state index is 5.68. The number of epoxide rings is 1. The molecule has 1 nitrogen and oxygen atoms in total. The summed E-state index contributed by atoms with van der Waals surface area (Å²) in [7, 11) is -1.21. The molecular formula is C11H15OP. The molecule has 0 bridgehead atoms. The molecule has 0 aromatic heterocycles. The van der Waals surface area contributed by atoms with Crippen molar-refractivity contribution >= 4 is 12.6 Å². The van der Waals surface area contributed by atoms with Crippen molar-refractivity contribution in [1.29, 1.82) is 0 Å². The van der Waals surface area contributed by atoms with Gasteiger partial charge in [-0.1, -0.05) is 0 Å². The van der Waals surface area contributed by atoms with Crippen LogP contribution in [-0.2, 0) is 4.74 Å². The van der Waals surface area contributed by atoms with Crippen LogP contribution in [0.25, 0.3) is 0 Å². The fraction of sp³-hybridized carbons (Fsp3) is 0.455. The topological polar surface area (TPSA) is 12.5 Å². The molecule has 2 atom stereocenters. The van der Waals surface area contributed by atoms with Crippen molar-refractivity contribution < 1.29 is 4.74 Å². The molecule has 2 aliphatic rings. The van der Waals surface area contributed by atoms with Gasteiger partial charge in [-0.2, -0.15) is 0 Å². The molecule has 2 unspecified atom stereocenters. The van der Waals surface area contributed by atoms with E-state index in [9.17, 15) is 0 Å². The number of benzene rings is 1. The molecule has 2 saturated heterocycles. The summed E-state index contributed by atoms with van der Waals surface area (Å²) < 4.78 is 5.68. The average Bonchev–Trinajstić information content (AvgIpc) is 2.90. The number of rotatable bonds is 1. The van der Waals surface area contributed by atoms with Crippen molar-refractivity contribution in [1.82, 2.24) is 0 Å². The third-order valence-electron chi connectivity index (χ3n) is 3.59. The van der Waals surface area contributed by atoms with Gasteiger partial charge in [0.15, 0.2) is 0 Å². The van der Waals surface area contributed by atoms with E-state index in [-0.39, 0.29) is 0 Å². The fourth-order valence-corrected chi connectivity index (χ4v) is 6.84. The van der Waals surface area contributed by atoms with E-state index >= 15 is 0 Å². The van der Waals surface area contributed by atoms with Crippen molar-refractivity contribution in [3.05, 3.63) is 30.3 Å². The molecule has 0 aliphatic carbocycles. The van der Waals surface area contributed by atoms with E-state index in [4.69, 9.17) is 4.74 Å². The molecule has 2 fully saturated rings. The van der Waals surface area contributed by atoms with Crippen LogP contribution in [0.5, 0.6) is 0 Å². The SMILES string of the molecule is C[PH]1(c2ccccc2)CCC2OC21. The number of ether oxygens (including phenoxy) is 1. The summed E-state index contributed by atoms with van der Waals surface area (Å²) in [6.45, 7) is 2.47. The van der Waals surface area contributed by atoms with Gasteiger partial charge in [0.25, 0.3) is 0 Å². The van der Waals surface area contributed by atoms with Crippen LogP contribution in [0, 0.1) is 0 Å². The van der Waals surface area contributed by atoms with Crippen molar-refractivity contribution in [2.24, 2.45) is 0 Å². The zero-order valence-electron chi connectivity index (χ0n) is 7.86. The minimum absolute atomic E-state index is 0.636. The van der Waals surface area contributed by atoms with E-state index in [1.54, 1.807) is 5.30 Å². The molecule has 0 amide bonds. The number of hydrogen-bond acceptors (Lipinski definition) is 1. The Morgan fingerprint density at radius 1 is 1.31 bits per heavy atom. The molecule has 0 saturated carbocycles. The zero-order chi connectivity index (χ0) is 8.89.